The summed E-state index contributed by atoms with van der Waals surface area (Å²) in [5.74, 6) is 1.56. The van der Waals surface area contributed by atoms with Crippen LogP contribution >= 0.6 is 15.9 Å². The highest BCUT2D eigenvalue weighted by molar-refractivity contribution is 9.10. The van der Waals surface area contributed by atoms with Crippen LogP contribution in [0.5, 0.6) is 11.5 Å². The number of hydrogen-bond acceptors (Lipinski definition) is 4. The van der Waals surface area contributed by atoms with E-state index in [0.717, 1.165) is 33.8 Å². The lowest BCUT2D eigenvalue weighted by atomic mass is 10.1. The molecule has 1 atom stereocenters. The molecule has 1 fully saturated rings. The number of halogens is 1. The van der Waals surface area contributed by atoms with E-state index in [2.05, 4.69) is 27.9 Å². The Kier molecular flexibility index (Phi) is 5.65. The Morgan fingerprint density at radius 1 is 1.38 bits per heavy atom. The smallest absolute Gasteiger partial charge is 0.145 e. The van der Waals surface area contributed by atoms with E-state index in [1.54, 1.807) is 14.2 Å². The summed E-state index contributed by atoms with van der Waals surface area (Å²) in [7, 11) is 5.51. The zero-order valence-electron chi connectivity index (χ0n) is 13.1. The number of likely N-dealkylation sites (tertiary alicyclic amines) is 1. The summed E-state index contributed by atoms with van der Waals surface area (Å²) in [6, 6.07) is 4.41. The lowest BCUT2D eigenvalue weighted by Crippen LogP contribution is -2.27. The SMILES string of the molecule is COc1ccc(Br)c(OC)c1C(C)=NCC1CCCN1C. The average molecular weight is 355 g/mol. The van der Waals surface area contributed by atoms with Crippen molar-refractivity contribution >= 4 is 21.6 Å². The highest BCUT2D eigenvalue weighted by Gasteiger charge is 2.21. The molecular weight excluding hydrogens is 332 g/mol. The van der Waals surface area contributed by atoms with Crippen LogP contribution in [0.3, 0.4) is 0 Å². The Morgan fingerprint density at radius 2 is 2.14 bits per heavy atom. The maximum Gasteiger partial charge on any atom is 0.145 e. The molecule has 0 saturated carbocycles. The average Bonchev–Trinajstić information content (AvgIpc) is 2.89. The Hall–Kier alpha value is -1.07. The maximum absolute atomic E-state index is 5.51. The fourth-order valence-corrected chi connectivity index (χ4v) is 3.28. The van der Waals surface area contributed by atoms with Gasteiger partial charge < -0.3 is 14.4 Å². The van der Waals surface area contributed by atoms with E-state index in [1.165, 1.54) is 19.4 Å². The molecule has 0 radical (unpaired) electrons. The van der Waals surface area contributed by atoms with Crippen molar-refractivity contribution in [2.24, 2.45) is 4.99 Å². The summed E-state index contributed by atoms with van der Waals surface area (Å²) in [5.41, 5.74) is 1.88. The van der Waals surface area contributed by atoms with Gasteiger partial charge in [0.25, 0.3) is 0 Å². The van der Waals surface area contributed by atoms with E-state index < -0.39 is 0 Å². The van der Waals surface area contributed by atoms with Crippen molar-refractivity contribution in [1.82, 2.24) is 4.90 Å². The van der Waals surface area contributed by atoms with Crippen molar-refractivity contribution in [3.05, 3.63) is 22.2 Å². The van der Waals surface area contributed by atoms with Crippen LogP contribution in [0.1, 0.15) is 25.3 Å². The number of benzene rings is 1. The molecule has 0 bridgehead atoms. The minimum absolute atomic E-state index is 0.545. The third-order valence-electron chi connectivity index (χ3n) is 4.07. The third kappa shape index (κ3) is 3.58. The summed E-state index contributed by atoms with van der Waals surface area (Å²) < 4.78 is 11.9. The van der Waals surface area contributed by atoms with Gasteiger partial charge in [-0.2, -0.15) is 0 Å². The molecule has 1 heterocycles. The Morgan fingerprint density at radius 3 is 2.71 bits per heavy atom. The fourth-order valence-electron chi connectivity index (χ4n) is 2.78. The molecule has 5 heteroatoms. The van der Waals surface area contributed by atoms with Gasteiger partial charge in [0.05, 0.1) is 30.8 Å². The van der Waals surface area contributed by atoms with Crippen LogP contribution in [-0.2, 0) is 0 Å². The standard InChI is InChI=1S/C16H23BrN2O2/c1-11(18-10-12-6-5-9-19(12)2)15-14(20-3)8-7-13(17)16(15)21-4/h7-8,12H,5-6,9-10H2,1-4H3. The van der Waals surface area contributed by atoms with Gasteiger partial charge in [0.15, 0.2) is 0 Å². The molecule has 1 aromatic rings. The van der Waals surface area contributed by atoms with Crippen molar-refractivity contribution < 1.29 is 9.47 Å². The predicted molar refractivity (Wildman–Crippen MR) is 90.0 cm³/mol. The Balaban J connectivity index is 2.28. The molecule has 1 unspecified atom stereocenters. The van der Waals surface area contributed by atoms with Gasteiger partial charge in [-0.05, 0) is 61.4 Å². The second kappa shape index (κ2) is 7.27. The summed E-state index contributed by atoms with van der Waals surface area (Å²) in [5, 5.41) is 0. The zero-order valence-corrected chi connectivity index (χ0v) is 14.7. The predicted octanol–water partition coefficient (Wildman–Crippen LogP) is 3.37. The monoisotopic (exact) mass is 354 g/mol. The normalized spacial score (nSPS) is 19.9. The number of likely N-dealkylation sites (N-methyl/N-ethyl adjacent to an activating group) is 1. The van der Waals surface area contributed by atoms with Crippen molar-refractivity contribution in [3.63, 3.8) is 0 Å². The minimum atomic E-state index is 0.545. The summed E-state index contributed by atoms with van der Waals surface area (Å²) in [4.78, 5) is 7.16. The largest absolute Gasteiger partial charge is 0.496 e. The fraction of sp³-hybridized carbons (Fsp3) is 0.562. The third-order valence-corrected chi connectivity index (χ3v) is 4.69. The topological polar surface area (TPSA) is 34.1 Å². The first-order valence-electron chi connectivity index (χ1n) is 7.20. The number of methoxy groups -OCH3 is 2. The first kappa shape index (κ1) is 16.3. The van der Waals surface area contributed by atoms with Crippen LogP contribution in [-0.4, -0.2) is 51.0 Å². The molecule has 2 rings (SSSR count). The molecule has 1 aromatic carbocycles. The Bertz CT molecular complexity index is 531. The highest BCUT2D eigenvalue weighted by Crippen LogP contribution is 2.36. The molecule has 116 valence electrons. The minimum Gasteiger partial charge on any atom is -0.496 e. The lowest BCUT2D eigenvalue weighted by molar-refractivity contribution is 0.317. The van der Waals surface area contributed by atoms with Gasteiger partial charge in [-0.1, -0.05) is 0 Å². The van der Waals surface area contributed by atoms with Crippen molar-refractivity contribution in [1.29, 1.82) is 0 Å². The van der Waals surface area contributed by atoms with Gasteiger partial charge in [0.1, 0.15) is 11.5 Å². The molecule has 0 N–H and O–H groups in total. The van der Waals surface area contributed by atoms with Crippen LogP contribution < -0.4 is 9.47 Å². The van der Waals surface area contributed by atoms with Gasteiger partial charge in [-0.3, -0.25) is 4.99 Å². The van der Waals surface area contributed by atoms with Crippen LogP contribution in [0.15, 0.2) is 21.6 Å². The molecule has 1 aliphatic rings. The van der Waals surface area contributed by atoms with Crippen molar-refractivity contribution in [3.8, 4) is 11.5 Å². The molecule has 1 saturated heterocycles. The summed E-state index contributed by atoms with van der Waals surface area (Å²) >= 11 is 3.52. The van der Waals surface area contributed by atoms with E-state index in [4.69, 9.17) is 14.5 Å². The van der Waals surface area contributed by atoms with E-state index in [-0.39, 0.29) is 0 Å². The number of rotatable bonds is 5. The second-order valence-corrected chi connectivity index (χ2v) is 6.21. The number of nitrogens with zero attached hydrogens (tertiary/aromatic N) is 2. The quantitative estimate of drug-likeness (QED) is 0.760. The first-order chi connectivity index (χ1) is 10.1. The summed E-state index contributed by atoms with van der Waals surface area (Å²) in [6.45, 7) is 4.01. The molecular formula is C16H23BrN2O2. The maximum atomic E-state index is 5.51. The van der Waals surface area contributed by atoms with Gasteiger partial charge in [-0.15, -0.1) is 0 Å². The lowest BCUT2D eigenvalue weighted by Gasteiger charge is -2.18. The van der Waals surface area contributed by atoms with E-state index in [0.29, 0.717) is 6.04 Å². The molecule has 0 aliphatic carbocycles. The van der Waals surface area contributed by atoms with E-state index in [1.807, 2.05) is 19.1 Å². The van der Waals surface area contributed by atoms with Crippen LogP contribution in [0, 0.1) is 0 Å². The Labute approximate surface area is 135 Å². The molecule has 4 nitrogen and oxygen atoms in total. The van der Waals surface area contributed by atoms with E-state index >= 15 is 0 Å². The van der Waals surface area contributed by atoms with Gasteiger partial charge in [0.2, 0.25) is 0 Å². The molecule has 0 amide bonds. The van der Waals surface area contributed by atoms with Gasteiger partial charge in [-0.25, -0.2) is 0 Å². The zero-order chi connectivity index (χ0) is 15.4. The van der Waals surface area contributed by atoms with E-state index in [9.17, 15) is 0 Å². The van der Waals surface area contributed by atoms with Crippen LogP contribution in [0.2, 0.25) is 0 Å². The number of hydrogen-bond donors (Lipinski definition) is 0. The number of ether oxygens (including phenoxy) is 2. The first-order valence-corrected chi connectivity index (χ1v) is 8.00. The van der Waals surface area contributed by atoms with Gasteiger partial charge in [0, 0.05) is 11.8 Å². The highest BCUT2D eigenvalue weighted by atomic mass is 79.9. The van der Waals surface area contributed by atoms with Crippen molar-refractivity contribution in [2.45, 2.75) is 25.8 Å². The molecule has 0 spiro atoms. The van der Waals surface area contributed by atoms with Gasteiger partial charge >= 0.3 is 0 Å². The molecule has 0 aromatic heterocycles. The van der Waals surface area contributed by atoms with Crippen LogP contribution in [0.4, 0.5) is 0 Å². The number of aliphatic imine (C=N–C) groups is 1. The molecule has 1 aliphatic heterocycles. The summed E-state index contributed by atoms with van der Waals surface area (Å²) in [6.07, 6.45) is 2.49. The van der Waals surface area contributed by atoms with Crippen molar-refractivity contribution in [2.75, 3.05) is 34.4 Å². The molecule has 21 heavy (non-hydrogen) atoms. The second-order valence-electron chi connectivity index (χ2n) is 5.36. The van der Waals surface area contributed by atoms with Crippen LogP contribution in [0.25, 0.3) is 0 Å².